The number of carbonyl (C=O) groups excluding carboxylic acids is 1. The van der Waals surface area contributed by atoms with Gasteiger partial charge in [-0.2, -0.15) is 5.10 Å². The summed E-state index contributed by atoms with van der Waals surface area (Å²) in [6.07, 6.45) is 5.86. The summed E-state index contributed by atoms with van der Waals surface area (Å²) in [7, 11) is 1.93. The number of carbonyl (C=O) groups is 1. The second-order valence-electron chi connectivity index (χ2n) is 10.5. The molecule has 0 atom stereocenters. The van der Waals surface area contributed by atoms with Gasteiger partial charge in [0.15, 0.2) is 0 Å². The van der Waals surface area contributed by atoms with Gasteiger partial charge in [-0.3, -0.25) is 9.58 Å². The number of aryl methyl sites for hydroxylation is 1. The molecule has 9 nitrogen and oxygen atoms in total. The van der Waals surface area contributed by atoms with Crippen LogP contribution in [0.2, 0.25) is 0 Å². The third kappa shape index (κ3) is 6.01. The molecule has 0 radical (unpaired) electrons. The fourth-order valence-electron chi connectivity index (χ4n) is 4.99. The van der Waals surface area contributed by atoms with E-state index in [9.17, 15) is 4.79 Å². The predicted octanol–water partition coefficient (Wildman–Crippen LogP) is 3.59. The number of ether oxygens (including phenoxy) is 2. The second-order valence-corrected chi connectivity index (χ2v) is 10.5. The number of aromatic nitrogens is 2. The lowest BCUT2D eigenvalue weighted by Crippen LogP contribution is -2.55. The number of piperazine rings is 1. The summed E-state index contributed by atoms with van der Waals surface area (Å²) in [6, 6.07) is 4.62. The Kier molecular flexibility index (Phi) is 7.44. The van der Waals surface area contributed by atoms with Crippen LogP contribution in [0.5, 0.6) is 5.75 Å². The van der Waals surface area contributed by atoms with Crippen LogP contribution in [-0.2, 0) is 11.8 Å². The zero-order valence-electron chi connectivity index (χ0n) is 21.8. The Morgan fingerprint density at radius 1 is 1.11 bits per heavy atom. The van der Waals surface area contributed by atoms with Gasteiger partial charge in [-0.05, 0) is 46.6 Å². The van der Waals surface area contributed by atoms with E-state index in [0.717, 1.165) is 74.7 Å². The molecule has 9 heteroatoms. The summed E-state index contributed by atoms with van der Waals surface area (Å²) in [5, 5.41) is 4.36. The number of rotatable bonds is 5. The van der Waals surface area contributed by atoms with Crippen LogP contribution in [0.3, 0.4) is 0 Å². The van der Waals surface area contributed by atoms with Gasteiger partial charge in [-0.25, -0.2) is 4.79 Å². The number of amides is 1. The Morgan fingerprint density at radius 2 is 1.80 bits per heavy atom. The Labute approximate surface area is 208 Å². The standard InChI is InChI=1S/C26H40N6O3/c1-6-34-24-16-23(21(15-22(24)27)19-17-28-29(5)18-19)31-9-7-20(8-10-31)30-11-13-32(14-12-30)25(33)35-26(2,3)4/h15-18,20H,6-14,27H2,1-5H3. The van der Waals surface area contributed by atoms with Crippen LogP contribution in [0.25, 0.3) is 11.1 Å². The highest BCUT2D eigenvalue weighted by Gasteiger charge is 2.31. The minimum absolute atomic E-state index is 0.205. The molecule has 0 spiro atoms. The number of nitrogen functional groups attached to an aromatic ring is 1. The van der Waals surface area contributed by atoms with Gasteiger partial charge >= 0.3 is 6.09 Å². The summed E-state index contributed by atoms with van der Waals surface area (Å²) < 4.78 is 13.2. The maximum Gasteiger partial charge on any atom is 0.410 e. The molecule has 35 heavy (non-hydrogen) atoms. The van der Waals surface area contributed by atoms with Gasteiger partial charge in [0, 0.05) is 81.4 Å². The van der Waals surface area contributed by atoms with Gasteiger partial charge in [-0.1, -0.05) is 0 Å². The van der Waals surface area contributed by atoms with Crippen LogP contribution in [0.4, 0.5) is 16.2 Å². The number of nitrogens with zero attached hydrogens (tertiary/aromatic N) is 5. The van der Waals surface area contributed by atoms with E-state index in [-0.39, 0.29) is 6.09 Å². The number of piperidine rings is 1. The monoisotopic (exact) mass is 484 g/mol. The van der Waals surface area contributed by atoms with Crippen molar-refractivity contribution in [2.24, 2.45) is 7.05 Å². The van der Waals surface area contributed by atoms with Crippen LogP contribution >= 0.6 is 0 Å². The highest BCUT2D eigenvalue weighted by molar-refractivity contribution is 5.83. The third-order valence-corrected chi connectivity index (χ3v) is 6.73. The molecule has 2 N–H and O–H groups in total. The van der Waals surface area contributed by atoms with Gasteiger partial charge < -0.3 is 25.0 Å². The average Bonchev–Trinajstić information content (AvgIpc) is 3.25. The summed E-state index contributed by atoms with van der Waals surface area (Å²) in [5.74, 6) is 0.732. The fourth-order valence-corrected chi connectivity index (χ4v) is 4.99. The highest BCUT2D eigenvalue weighted by atomic mass is 16.6. The molecule has 2 aromatic rings. The smallest absolute Gasteiger partial charge is 0.410 e. The molecule has 2 fully saturated rings. The van der Waals surface area contributed by atoms with E-state index in [1.165, 1.54) is 0 Å². The van der Waals surface area contributed by atoms with E-state index in [0.29, 0.717) is 18.3 Å². The third-order valence-electron chi connectivity index (χ3n) is 6.73. The van der Waals surface area contributed by atoms with Gasteiger partial charge in [0.05, 0.1) is 18.5 Å². The van der Waals surface area contributed by atoms with E-state index >= 15 is 0 Å². The summed E-state index contributed by atoms with van der Waals surface area (Å²) in [5.41, 5.74) is 9.79. The first-order valence-corrected chi connectivity index (χ1v) is 12.7. The fraction of sp³-hybridized carbons (Fsp3) is 0.615. The Bertz CT molecular complexity index is 1010. The number of hydrogen-bond donors (Lipinski definition) is 1. The van der Waals surface area contributed by atoms with Crippen molar-refractivity contribution in [2.75, 3.05) is 56.5 Å². The first kappa shape index (κ1) is 25.2. The van der Waals surface area contributed by atoms with E-state index in [1.54, 1.807) is 0 Å². The van der Waals surface area contributed by atoms with Crippen molar-refractivity contribution < 1.29 is 14.3 Å². The van der Waals surface area contributed by atoms with Gasteiger partial charge in [0.1, 0.15) is 11.4 Å². The van der Waals surface area contributed by atoms with Crippen LogP contribution in [0.15, 0.2) is 24.5 Å². The zero-order valence-corrected chi connectivity index (χ0v) is 21.8. The summed E-state index contributed by atoms with van der Waals surface area (Å²) >= 11 is 0. The van der Waals surface area contributed by atoms with Crippen LogP contribution in [0.1, 0.15) is 40.5 Å². The van der Waals surface area contributed by atoms with Crippen molar-refractivity contribution in [1.29, 1.82) is 0 Å². The Hall–Kier alpha value is -2.94. The summed E-state index contributed by atoms with van der Waals surface area (Å²) in [4.78, 5) is 19.2. The molecule has 3 heterocycles. The average molecular weight is 485 g/mol. The summed E-state index contributed by atoms with van der Waals surface area (Å²) in [6.45, 7) is 13.4. The molecule has 1 aromatic carbocycles. The molecule has 0 unspecified atom stereocenters. The van der Waals surface area contributed by atoms with Crippen LogP contribution in [0, 0.1) is 0 Å². The molecule has 2 saturated heterocycles. The molecule has 0 saturated carbocycles. The Balaban J connectivity index is 1.41. The van der Waals surface area contributed by atoms with Crippen molar-refractivity contribution in [3.63, 3.8) is 0 Å². The first-order valence-electron chi connectivity index (χ1n) is 12.7. The molecule has 2 aliphatic rings. The maximum absolute atomic E-state index is 12.4. The number of anilines is 2. The quantitative estimate of drug-likeness (QED) is 0.649. The zero-order chi connectivity index (χ0) is 25.2. The number of nitrogens with two attached hydrogens (primary N) is 1. The van der Waals surface area contributed by atoms with E-state index in [2.05, 4.69) is 21.0 Å². The predicted molar refractivity (Wildman–Crippen MR) is 139 cm³/mol. The lowest BCUT2D eigenvalue weighted by molar-refractivity contribution is 0.00902. The maximum atomic E-state index is 12.4. The largest absolute Gasteiger partial charge is 0.492 e. The number of hydrogen-bond acceptors (Lipinski definition) is 7. The molecule has 1 aromatic heterocycles. The minimum atomic E-state index is -0.458. The molecular weight excluding hydrogens is 444 g/mol. The van der Waals surface area contributed by atoms with Crippen LogP contribution in [-0.4, -0.2) is 83.2 Å². The van der Waals surface area contributed by atoms with Gasteiger partial charge in [-0.15, -0.1) is 0 Å². The minimum Gasteiger partial charge on any atom is -0.492 e. The van der Waals surface area contributed by atoms with Crippen molar-refractivity contribution in [1.82, 2.24) is 19.6 Å². The molecule has 4 rings (SSSR count). The first-order chi connectivity index (χ1) is 16.6. The van der Waals surface area contributed by atoms with E-state index in [1.807, 2.05) is 62.8 Å². The SMILES string of the molecule is CCOc1cc(N2CCC(N3CCN(C(=O)OC(C)(C)C)CC3)CC2)c(-c2cnn(C)c2)cc1N. The Morgan fingerprint density at radius 3 is 2.37 bits per heavy atom. The van der Waals surface area contributed by atoms with Crippen LogP contribution < -0.4 is 15.4 Å². The molecule has 0 bridgehead atoms. The lowest BCUT2D eigenvalue weighted by atomic mass is 9.98. The van der Waals surface area contributed by atoms with Gasteiger partial charge in [0.2, 0.25) is 0 Å². The van der Waals surface area contributed by atoms with Crippen molar-refractivity contribution in [3.05, 3.63) is 24.5 Å². The lowest BCUT2D eigenvalue weighted by Gasteiger charge is -2.43. The molecular formula is C26H40N6O3. The van der Waals surface area contributed by atoms with Crippen molar-refractivity contribution >= 4 is 17.5 Å². The normalized spacial score (nSPS) is 18.1. The molecule has 0 aliphatic carbocycles. The molecule has 2 aliphatic heterocycles. The number of benzene rings is 1. The van der Waals surface area contributed by atoms with Crippen molar-refractivity contribution in [3.8, 4) is 16.9 Å². The highest BCUT2D eigenvalue weighted by Crippen LogP contribution is 2.39. The molecule has 1 amide bonds. The van der Waals surface area contributed by atoms with E-state index < -0.39 is 5.60 Å². The topological polar surface area (TPSA) is 89.1 Å². The van der Waals surface area contributed by atoms with E-state index in [4.69, 9.17) is 15.2 Å². The van der Waals surface area contributed by atoms with Gasteiger partial charge in [0.25, 0.3) is 0 Å². The van der Waals surface area contributed by atoms with Crippen molar-refractivity contribution in [2.45, 2.75) is 52.2 Å². The second kappa shape index (κ2) is 10.4. The molecule has 192 valence electrons.